The topological polar surface area (TPSA) is 59.3 Å². The van der Waals surface area contributed by atoms with Gasteiger partial charge in [0.1, 0.15) is 0 Å². The predicted molar refractivity (Wildman–Crippen MR) is 89.3 cm³/mol. The van der Waals surface area contributed by atoms with Gasteiger partial charge in [-0.15, -0.1) is 0 Å². The predicted octanol–water partition coefficient (Wildman–Crippen LogP) is 4.44. The van der Waals surface area contributed by atoms with Crippen molar-refractivity contribution in [2.45, 2.75) is 71.8 Å². The van der Waals surface area contributed by atoms with Gasteiger partial charge < -0.3 is 4.57 Å². The van der Waals surface area contributed by atoms with Crippen molar-refractivity contribution >= 4 is 10.1 Å². The second-order valence-electron chi connectivity index (χ2n) is 5.63. The summed E-state index contributed by atoms with van der Waals surface area (Å²) in [7, 11) is -3.67. The monoisotopic (exact) mass is 317 g/mol. The Labute approximate surface area is 130 Å². The Morgan fingerprint density at radius 3 is 1.95 bits per heavy atom. The molecule has 1 N–H and O–H groups in total. The number of nitrogens with zero attached hydrogens (tertiary/aromatic N) is 1. The van der Waals surface area contributed by atoms with Crippen LogP contribution in [0.5, 0.6) is 0 Å². The molecule has 124 valence electrons. The molecule has 1 rings (SSSR count). The molecule has 0 radical (unpaired) electrons. The maximum absolute atomic E-state index is 9.19. The minimum atomic E-state index is -3.67. The van der Waals surface area contributed by atoms with Gasteiger partial charge in [0.25, 0.3) is 10.1 Å². The molecule has 21 heavy (non-hydrogen) atoms. The van der Waals surface area contributed by atoms with Crippen molar-refractivity contribution in [3.8, 4) is 0 Å². The fraction of sp³-hybridized carbons (Fsp3) is 0.750. The lowest BCUT2D eigenvalue weighted by molar-refractivity contribution is 0.490. The summed E-state index contributed by atoms with van der Waals surface area (Å²) in [6, 6.07) is 2.19. The van der Waals surface area contributed by atoms with Gasteiger partial charge in [-0.2, -0.15) is 8.42 Å². The van der Waals surface area contributed by atoms with Crippen molar-refractivity contribution in [1.82, 2.24) is 4.57 Å². The molecule has 1 heterocycles. The van der Waals surface area contributed by atoms with E-state index in [1.54, 1.807) is 0 Å². The van der Waals surface area contributed by atoms with Gasteiger partial charge in [-0.3, -0.25) is 4.55 Å². The van der Waals surface area contributed by atoms with Crippen LogP contribution in [0.3, 0.4) is 0 Å². The van der Waals surface area contributed by atoms with Crippen LogP contribution in [0.1, 0.15) is 63.9 Å². The van der Waals surface area contributed by atoms with E-state index in [0.717, 1.165) is 0 Å². The molecule has 0 fully saturated rings. The Hall–Kier alpha value is -0.810. The van der Waals surface area contributed by atoms with E-state index >= 15 is 0 Å². The average molecular weight is 317 g/mol. The normalized spacial score (nSPS) is 11.0. The Morgan fingerprint density at radius 1 is 1.05 bits per heavy atom. The van der Waals surface area contributed by atoms with Crippen molar-refractivity contribution in [3.63, 3.8) is 0 Å². The summed E-state index contributed by atoms with van der Waals surface area (Å²) in [6.07, 6.45) is 16.4. The first-order valence-corrected chi connectivity index (χ1v) is 9.72. The molecular formula is C16H31NO3S. The highest BCUT2D eigenvalue weighted by atomic mass is 32.2. The highest BCUT2D eigenvalue weighted by Crippen LogP contribution is 2.09. The third-order valence-electron chi connectivity index (χ3n) is 3.17. The molecule has 0 bridgehead atoms. The van der Waals surface area contributed by atoms with Crippen LogP contribution in [0, 0.1) is 6.92 Å². The average Bonchev–Trinajstić information content (AvgIpc) is 2.76. The number of hydrogen-bond donors (Lipinski definition) is 1. The summed E-state index contributed by atoms with van der Waals surface area (Å²) < 4.78 is 28.2. The van der Waals surface area contributed by atoms with Crippen LogP contribution in [-0.2, 0) is 16.7 Å². The maximum atomic E-state index is 9.19. The van der Waals surface area contributed by atoms with Crippen LogP contribution in [0.15, 0.2) is 18.5 Å². The van der Waals surface area contributed by atoms with E-state index in [-0.39, 0.29) is 0 Å². The van der Waals surface area contributed by atoms with Crippen LogP contribution in [0.4, 0.5) is 0 Å². The molecule has 1 aromatic heterocycles. The van der Waals surface area contributed by atoms with Crippen molar-refractivity contribution in [3.05, 3.63) is 24.0 Å². The fourth-order valence-electron chi connectivity index (χ4n) is 2.13. The first-order chi connectivity index (χ1) is 9.83. The minimum absolute atomic E-state index is 0.715. The summed E-state index contributed by atoms with van der Waals surface area (Å²) in [5.41, 5.74) is 1.37. The van der Waals surface area contributed by atoms with Gasteiger partial charge in [-0.05, 0) is 25.0 Å². The molecule has 0 spiro atoms. The van der Waals surface area contributed by atoms with Gasteiger partial charge >= 0.3 is 0 Å². The third kappa shape index (κ3) is 17.1. The second kappa shape index (κ2) is 11.8. The molecule has 5 heteroatoms. The van der Waals surface area contributed by atoms with Gasteiger partial charge in [0.15, 0.2) is 0 Å². The van der Waals surface area contributed by atoms with Crippen molar-refractivity contribution in [1.29, 1.82) is 0 Å². The Bertz CT molecular complexity index is 444. The highest BCUT2D eigenvalue weighted by Gasteiger charge is 1.93. The Kier molecular flexibility index (Phi) is 11.4. The smallest absolute Gasteiger partial charge is 0.261 e. The van der Waals surface area contributed by atoms with E-state index in [4.69, 9.17) is 4.55 Å². The summed E-state index contributed by atoms with van der Waals surface area (Å²) in [5, 5.41) is 0. The van der Waals surface area contributed by atoms with Gasteiger partial charge in [0.05, 0.1) is 6.26 Å². The van der Waals surface area contributed by atoms with Crippen LogP contribution in [0.2, 0.25) is 0 Å². The first-order valence-electron chi connectivity index (χ1n) is 7.87. The molecule has 1 aromatic rings. The van der Waals surface area contributed by atoms with E-state index in [9.17, 15) is 8.42 Å². The Balaban J connectivity index is 0.000000690. The van der Waals surface area contributed by atoms with Gasteiger partial charge in [0.2, 0.25) is 0 Å². The van der Waals surface area contributed by atoms with Crippen LogP contribution in [-0.4, -0.2) is 23.8 Å². The molecule has 0 aromatic carbocycles. The number of rotatable bonds is 9. The molecular weight excluding hydrogens is 286 g/mol. The summed E-state index contributed by atoms with van der Waals surface area (Å²) in [4.78, 5) is 0. The number of unbranched alkanes of at least 4 members (excludes halogenated alkanes) is 7. The van der Waals surface area contributed by atoms with Gasteiger partial charge in [-0.1, -0.05) is 51.9 Å². The van der Waals surface area contributed by atoms with Crippen LogP contribution < -0.4 is 0 Å². The van der Waals surface area contributed by atoms with Crippen LogP contribution in [0.25, 0.3) is 0 Å². The van der Waals surface area contributed by atoms with Crippen molar-refractivity contribution in [2.75, 3.05) is 6.26 Å². The molecule has 0 saturated carbocycles. The molecule has 4 nitrogen and oxygen atoms in total. The highest BCUT2D eigenvalue weighted by molar-refractivity contribution is 7.85. The van der Waals surface area contributed by atoms with Crippen LogP contribution >= 0.6 is 0 Å². The summed E-state index contributed by atoms with van der Waals surface area (Å²) >= 11 is 0. The first kappa shape index (κ1) is 20.2. The number of aromatic nitrogens is 1. The van der Waals surface area contributed by atoms with Crippen molar-refractivity contribution < 1.29 is 13.0 Å². The minimum Gasteiger partial charge on any atom is -0.354 e. The molecule has 0 aliphatic heterocycles. The summed E-state index contributed by atoms with van der Waals surface area (Å²) in [6.45, 7) is 5.63. The number of hydrogen-bond acceptors (Lipinski definition) is 2. The molecule has 0 aliphatic carbocycles. The molecule has 0 unspecified atom stereocenters. The molecule has 0 saturated heterocycles. The van der Waals surface area contributed by atoms with Crippen molar-refractivity contribution in [2.24, 2.45) is 0 Å². The maximum Gasteiger partial charge on any atom is 0.261 e. The van der Waals surface area contributed by atoms with E-state index in [0.29, 0.717) is 6.26 Å². The zero-order valence-corrected chi connectivity index (χ0v) is 14.5. The summed E-state index contributed by atoms with van der Waals surface area (Å²) in [5.74, 6) is 0. The van der Waals surface area contributed by atoms with E-state index in [2.05, 4.69) is 36.9 Å². The van der Waals surface area contributed by atoms with E-state index in [1.807, 2.05) is 0 Å². The quantitative estimate of drug-likeness (QED) is 0.541. The zero-order chi connectivity index (χ0) is 16.1. The second-order valence-corrected chi connectivity index (χ2v) is 7.10. The zero-order valence-electron chi connectivity index (χ0n) is 13.7. The molecule has 0 atom stereocenters. The lowest BCUT2D eigenvalue weighted by Crippen LogP contribution is -1.93. The lowest BCUT2D eigenvalue weighted by atomic mass is 10.1. The Morgan fingerprint density at radius 2 is 1.52 bits per heavy atom. The number of aryl methyl sites for hydroxylation is 2. The fourth-order valence-corrected chi connectivity index (χ4v) is 2.13. The molecule has 0 amide bonds. The van der Waals surface area contributed by atoms with E-state index in [1.165, 1.54) is 63.5 Å². The van der Waals surface area contributed by atoms with E-state index < -0.39 is 10.1 Å². The largest absolute Gasteiger partial charge is 0.354 e. The lowest BCUT2D eigenvalue weighted by Gasteiger charge is -2.03. The standard InChI is InChI=1S/C15H27N.CH4O3S/c1-3-4-5-6-7-8-9-10-12-16-13-11-15(2)14-16;1-5(2,3)4/h11,13-14H,3-10,12H2,1-2H3;1H3,(H,2,3,4). The van der Waals surface area contributed by atoms with Gasteiger partial charge in [0, 0.05) is 18.9 Å². The van der Waals surface area contributed by atoms with Gasteiger partial charge in [-0.25, -0.2) is 0 Å². The SMILES string of the molecule is CCCCCCCCCCn1ccc(C)c1.CS(=O)(=O)O. The molecule has 0 aliphatic rings. The third-order valence-corrected chi connectivity index (χ3v) is 3.17.